The summed E-state index contributed by atoms with van der Waals surface area (Å²) in [6.07, 6.45) is 3.55. The molecule has 0 fully saturated rings. The molecule has 2 rings (SSSR count). The topological polar surface area (TPSA) is 51.2 Å². The van der Waals surface area contributed by atoms with Gasteiger partial charge in [-0.15, -0.1) is 0 Å². The van der Waals surface area contributed by atoms with Crippen LogP contribution in [0.3, 0.4) is 0 Å². The van der Waals surface area contributed by atoms with Crippen molar-refractivity contribution in [3.63, 3.8) is 0 Å². The Morgan fingerprint density at radius 3 is 3.06 bits per heavy atom. The Morgan fingerprint density at radius 1 is 1.38 bits per heavy atom. The number of hydrogen-bond donors (Lipinski definition) is 1. The summed E-state index contributed by atoms with van der Waals surface area (Å²) in [5.74, 6) is -0.283. The van der Waals surface area contributed by atoms with Crippen LogP contribution < -0.4 is 5.32 Å². The molecular weight excluding hydrogens is 204 g/mol. The number of carbonyl (C=O) groups is 1. The quantitative estimate of drug-likeness (QED) is 0.795. The van der Waals surface area contributed by atoms with Gasteiger partial charge < -0.3 is 10.1 Å². The predicted octanol–water partition coefficient (Wildman–Crippen LogP) is 1.82. The molecule has 82 valence electrons. The molecule has 0 aliphatic carbocycles. The highest BCUT2D eigenvalue weighted by Crippen LogP contribution is 2.17. The third-order valence-corrected chi connectivity index (χ3v) is 2.31. The lowest BCUT2D eigenvalue weighted by Crippen LogP contribution is -2.14. The summed E-state index contributed by atoms with van der Waals surface area (Å²) in [4.78, 5) is 15.0. The van der Waals surface area contributed by atoms with E-state index in [9.17, 15) is 4.79 Å². The minimum Gasteiger partial charge on any atom is -0.468 e. The van der Waals surface area contributed by atoms with Crippen LogP contribution >= 0.6 is 0 Å². The number of hydrogen-bond acceptors (Lipinski definition) is 4. The Labute approximate surface area is 93.3 Å². The number of pyridine rings is 1. The monoisotopic (exact) mass is 216 g/mol. The van der Waals surface area contributed by atoms with Crippen molar-refractivity contribution in [2.45, 2.75) is 0 Å². The van der Waals surface area contributed by atoms with Gasteiger partial charge in [0.05, 0.1) is 7.11 Å². The molecular formula is C12H12N2O2. The molecule has 0 aliphatic heterocycles. The smallest absolute Gasteiger partial charge is 0.325 e. The van der Waals surface area contributed by atoms with Crippen molar-refractivity contribution in [3.8, 4) is 0 Å². The highest BCUT2D eigenvalue weighted by atomic mass is 16.5. The second-order valence-corrected chi connectivity index (χ2v) is 3.37. The van der Waals surface area contributed by atoms with Gasteiger partial charge in [-0.25, -0.2) is 0 Å². The van der Waals surface area contributed by atoms with Gasteiger partial charge in [0.25, 0.3) is 0 Å². The SMILES string of the molecule is COC(=O)CNc1ccc2cnccc2c1. The fraction of sp³-hybridized carbons (Fsp3) is 0.167. The zero-order chi connectivity index (χ0) is 11.4. The van der Waals surface area contributed by atoms with Crippen LogP contribution in [0.1, 0.15) is 0 Å². The predicted molar refractivity (Wildman–Crippen MR) is 62.2 cm³/mol. The van der Waals surface area contributed by atoms with Gasteiger partial charge in [0.2, 0.25) is 0 Å². The third-order valence-electron chi connectivity index (χ3n) is 2.31. The summed E-state index contributed by atoms with van der Waals surface area (Å²) in [7, 11) is 1.37. The first-order chi connectivity index (χ1) is 7.79. The Hall–Kier alpha value is -2.10. The molecule has 0 radical (unpaired) electrons. The summed E-state index contributed by atoms with van der Waals surface area (Å²) in [5.41, 5.74) is 0.893. The standard InChI is InChI=1S/C12H12N2O2/c1-16-12(15)8-14-11-3-2-10-7-13-5-4-9(10)6-11/h2-7,14H,8H2,1H3. The van der Waals surface area contributed by atoms with Crippen LogP contribution in [0.25, 0.3) is 10.8 Å². The summed E-state index contributed by atoms with van der Waals surface area (Å²) < 4.78 is 4.55. The molecule has 4 nitrogen and oxygen atoms in total. The van der Waals surface area contributed by atoms with Crippen molar-refractivity contribution in [2.75, 3.05) is 19.0 Å². The van der Waals surface area contributed by atoms with Crippen molar-refractivity contribution in [1.82, 2.24) is 4.98 Å². The normalized spacial score (nSPS) is 10.1. The van der Waals surface area contributed by atoms with E-state index >= 15 is 0 Å². The molecule has 0 atom stereocenters. The second-order valence-electron chi connectivity index (χ2n) is 3.37. The maximum atomic E-state index is 11.0. The highest BCUT2D eigenvalue weighted by molar-refractivity contribution is 5.85. The lowest BCUT2D eigenvalue weighted by Gasteiger charge is -2.05. The Bertz CT molecular complexity index is 511. The molecule has 1 aromatic heterocycles. The van der Waals surface area contributed by atoms with Crippen molar-refractivity contribution in [2.24, 2.45) is 0 Å². The van der Waals surface area contributed by atoms with Crippen LogP contribution in [0.2, 0.25) is 0 Å². The fourth-order valence-corrected chi connectivity index (χ4v) is 1.44. The minimum absolute atomic E-state index is 0.174. The zero-order valence-corrected chi connectivity index (χ0v) is 8.93. The van der Waals surface area contributed by atoms with Crippen LogP contribution in [0.4, 0.5) is 5.69 Å². The lowest BCUT2D eigenvalue weighted by atomic mass is 10.1. The summed E-state index contributed by atoms with van der Waals surface area (Å²) in [6, 6.07) is 7.77. The molecule has 0 amide bonds. The number of methoxy groups -OCH3 is 1. The average Bonchev–Trinajstić information content (AvgIpc) is 2.35. The summed E-state index contributed by atoms with van der Waals surface area (Å²) >= 11 is 0. The molecule has 2 aromatic rings. The largest absolute Gasteiger partial charge is 0.468 e. The fourth-order valence-electron chi connectivity index (χ4n) is 1.44. The first-order valence-electron chi connectivity index (χ1n) is 4.94. The van der Waals surface area contributed by atoms with Gasteiger partial charge in [0, 0.05) is 23.5 Å². The van der Waals surface area contributed by atoms with E-state index in [1.54, 1.807) is 12.4 Å². The molecule has 1 heterocycles. The number of nitrogens with one attached hydrogen (secondary N) is 1. The molecule has 0 saturated heterocycles. The molecule has 0 unspecified atom stereocenters. The van der Waals surface area contributed by atoms with Crippen molar-refractivity contribution < 1.29 is 9.53 Å². The van der Waals surface area contributed by atoms with E-state index < -0.39 is 0 Å². The summed E-state index contributed by atoms with van der Waals surface area (Å²) in [6.45, 7) is 0.174. The maximum absolute atomic E-state index is 11.0. The molecule has 16 heavy (non-hydrogen) atoms. The van der Waals surface area contributed by atoms with Crippen LogP contribution in [0.5, 0.6) is 0 Å². The first kappa shape index (κ1) is 10.4. The highest BCUT2D eigenvalue weighted by Gasteiger charge is 2.00. The van der Waals surface area contributed by atoms with Gasteiger partial charge in [-0.2, -0.15) is 0 Å². The van der Waals surface area contributed by atoms with E-state index in [0.29, 0.717) is 0 Å². The number of ether oxygens (including phenoxy) is 1. The van der Waals surface area contributed by atoms with Gasteiger partial charge in [0.1, 0.15) is 6.54 Å². The number of rotatable bonds is 3. The number of fused-ring (bicyclic) bond motifs is 1. The van der Waals surface area contributed by atoms with Crippen molar-refractivity contribution >= 4 is 22.4 Å². The number of benzene rings is 1. The first-order valence-corrected chi connectivity index (χ1v) is 4.94. The number of esters is 1. The van der Waals surface area contributed by atoms with E-state index in [2.05, 4.69) is 15.0 Å². The number of nitrogens with zero attached hydrogens (tertiary/aromatic N) is 1. The van der Waals surface area contributed by atoms with Crippen LogP contribution in [0.15, 0.2) is 36.7 Å². The van der Waals surface area contributed by atoms with Crippen LogP contribution in [-0.4, -0.2) is 24.6 Å². The minimum atomic E-state index is -0.283. The van der Waals surface area contributed by atoms with Crippen molar-refractivity contribution in [1.29, 1.82) is 0 Å². The molecule has 4 heteroatoms. The van der Waals surface area contributed by atoms with Gasteiger partial charge in [-0.3, -0.25) is 9.78 Å². The molecule has 1 N–H and O–H groups in total. The Balaban J connectivity index is 2.16. The number of carbonyl (C=O) groups excluding carboxylic acids is 1. The Morgan fingerprint density at radius 2 is 2.25 bits per heavy atom. The van der Waals surface area contributed by atoms with E-state index in [4.69, 9.17) is 0 Å². The van der Waals surface area contributed by atoms with E-state index in [1.807, 2.05) is 24.3 Å². The van der Waals surface area contributed by atoms with Crippen molar-refractivity contribution in [3.05, 3.63) is 36.7 Å². The maximum Gasteiger partial charge on any atom is 0.325 e. The average molecular weight is 216 g/mol. The zero-order valence-electron chi connectivity index (χ0n) is 8.93. The van der Waals surface area contributed by atoms with Gasteiger partial charge in [0.15, 0.2) is 0 Å². The third kappa shape index (κ3) is 2.28. The second kappa shape index (κ2) is 4.61. The number of aromatic nitrogens is 1. The Kier molecular flexibility index (Phi) is 3.00. The van der Waals surface area contributed by atoms with Crippen LogP contribution in [-0.2, 0) is 9.53 Å². The molecule has 1 aromatic carbocycles. The van der Waals surface area contributed by atoms with Gasteiger partial charge in [-0.1, -0.05) is 6.07 Å². The molecule has 0 saturated carbocycles. The van der Waals surface area contributed by atoms with Gasteiger partial charge in [-0.05, 0) is 23.6 Å². The van der Waals surface area contributed by atoms with Gasteiger partial charge >= 0.3 is 5.97 Å². The summed E-state index contributed by atoms with van der Waals surface area (Å²) in [5, 5.41) is 5.16. The van der Waals surface area contributed by atoms with Crippen LogP contribution in [0, 0.1) is 0 Å². The van der Waals surface area contributed by atoms with E-state index in [-0.39, 0.29) is 12.5 Å². The van der Waals surface area contributed by atoms with E-state index in [0.717, 1.165) is 16.5 Å². The number of anilines is 1. The van der Waals surface area contributed by atoms with E-state index in [1.165, 1.54) is 7.11 Å². The molecule has 0 bridgehead atoms. The molecule has 0 aliphatic rings. The lowest BCUT2D eigenvalue weighted by molar-refractivity contribution is -0.138. The molecule has 0 spiro atoms.